The number of thiazole rings is 1. The smallest absolute Gasteiger partial charge is 0.152 e. The Morgan fingerprint density at radius 2 is 2.12 bits per heavy atom. The number of Topliss-reactive ketones (excluding diaryl/α,β-unsaturated/α-hetero) is 1. The van der Waals surface area contributed by atoms with E-state index in [4.69, 9.17) is 23.2 Å². The minimum Gasteiger partial charge on any atom is -0.302 e. The fourth-order valence-electron chi connectivity index (χ4n) is 3.60. The molecule has 1 heterocycles. The van der Waals surface area contributed by atoms with Crippen molar-refractivity contribution >= 4 is 46.6 Å². The molecule has 1 aliphatic carbocycles. The highest BCUT2D eigenvalue weighted by Crippen LogP contribution is 2.38. The van der Waals surface area contributed by atoms with Crippen LogP contribution in [-0.4, -0.2) is 17.1 Å². The van der Waals surface area contributed by atoms with Crippen LogP contribution in [0.15, 0.2) is 18.2 Å². The van der Waals surface area contributed by atoms with Gasteiger partial charge in [-0.25, -0.2) is 4.98 Å². The van der Waals surface area contributed by atoms with Gasteiger partial charge in [0, 0.05) is 16.4 Å². The van der Waals surface area contributed by atoms with Crippen molar-refractivity contribution in [2.24, 2.45) is 11.8 Å². The first-order chi connectivity index (χ1) is 12.4. The molecule has 0 saturated heterocycles. The third-order valence-electron chi connectivity index (χ3n) is 5.05. The quantitative estimate of drug-likeness (QED) is 0.436. The van der Waals surface area contributed by atoms with Crippen LogP contribution in [0.2, 0.25) is 10.0 Å². The van der Waals surface area contributed by atoms with Crippen LogP contribution in [0.4, 0.5) is 0 Å². The van der Waals surface area contributed by atoms with Gasteiger partial charge in [0.1, 0.15) is 17.2 Å². The Kier molecular flexibility index (Phi) is 6.16. The van der Waals surface area contributed by atoms with E-state index >= 15 is 0 Å². The Hall–Kier alpha value is -1.23. The van der Waals surface area contributed by atoms with Crippen molar-refractivity contribution < 1.29 is 9.59 Å². The molecule has 1 aromatic carbocycles. The largest absolute Gasteiger partial charge is 0.302 e. The lowest BCUT2D eigenvalue weighted by atomic mass is 9.89. The molecule has 0 radical (unpaired) electrons. The van der Waals surface area contributed by atoms with Crippen LogP contribution in [0, 0.1) is 11.8 Å². The van der Waals surface area contributed by atoms with Gasteiger partial charge >= 0.3 is 0 Å². The van der Waals surface area contributed by atoms with Gasteiger partial charge in [-0.2, -0.15) is 0 Å². The van der Waals surface area contributed by atoms with E-state index in [-0.39, 0.29) is 11.7 Å². The summed E-state index contributed by atoms with van der Waals surface area (Å²) in [6, 6.07) is 5.35. The van der Waals surface area contributed by atoms with Crippen molar-refractivity contribution in [3.05, 3.63) is 38.8 Å². The molecule has 138 valence electrons. The second kappa shape index (κ2) is 8.20. The van der Waals surface area contributed by atoms with Crippen molar-refractivity contribution in [3.8, 4) is 10.6 Å². The lowest BCUT2D eigenvalue weighted by Crippen LogP contribution is -2.22. The van der Waals surface area contributed by atoms with Crippen LogP contribution in [0.1, 0.15) is 49.6 Å². The minimum atomic E-state index is -0.770. The summed E-state index contributed by atoms with van der Waals surface area (Å²) in [6.07, 6.45) is 4.28. The monoisotopic (exact) mass is 409 g/mol. The van der Waals surface area contributed by atoms with E-state index in [1.54, 1.807) is 12.1 Å². The Morgan fingerprint density at radius 1 is 1.35 bits per heavy atom. The molecule has 0 amide bonds. The van der Waals surface area contributed by atoms with Gasteiger partial charge in [-0.05, 0) is 43.7 Å². The van der Waals surface area contributed by atoms with E-state index < -0.39 is 5.92 Å². The van der Waals surface area contributed by atoms with E-state index in [0.717, 1.165) is 47.4 Å². The summed E-state index contributed by atoms with van der Waals surface area (Å²) in [5, 5.41) is 1.70. The van der Waals surface area contributed by atoms with Crippen LogP contribution in [0.5, 0.6) is 0 Å². The second-order valence-corrected chi connectivity index (χ2v) is 8.84. The summed E-state index contributed by atoms with van der Waals surface area (Å²) < 4.78 is 0. The molecule has 0 spiro atoms. The van der Waals surface area contributed by atoms with Gasteiger partial charge in [0.25, 0.3) is 0 Å². The number of aryl methyl sites for hydroxylation is 1. The van der Waals surface area contributed by atoms with E-state index in [9.17, 15) is 9.59 Å². The van der Waals surface area contributed by atoms with E-state index in [1.165, 1.54) is 11.3 Å². The number of nitrogens with zero attached hydrogens (tertiary/aromatic N) is 1. The molecule has 1 unspecified atom stereocenters. The normalized spacial score (nSPS) is 20.9. The number of benzene rings is 1. The van der Waals surface area contributed by atoms with Crippen LogP contribution in [0.25, 0.3) is 10.6 Å². The number of carbonyl (C=O) groups excluding carboxylic acids is 2. The maximum Gasteiger partial charge on any atom is 0.152 e. The lowest BCUT2D eigenvalue weighted by Gasteiger charge is -2.14. The SMILES string of the molecule is CCc1sc(-c2ccc(Cl)c(Cl)c2)nc1C(C=O)C(=O)[C@@H]1CC[C@@H](C)C1. The maximum atomic E-state index is 12.9. The fraction of sp³-hybridized carbons (Fsp3) is 0.450. The number of halogens is 2. The topological polar surface area (TPSA) is 47.0 Å². The summed E-state index contributed by atoms with van der Waals surface area (Å²) >= 11 is 13.6. The molecule has 1 fully saturated rings. The first-order valence-corrected chi connectivity index (χ1v) is 10.5. The Labute approximate surface area is 167 Å². The first-order valence-electron chi connectivity index (χ1n) is 8.88. The van der Waals surface area contributed by atoms with Crippen molar-refractivity contribution in [1.82, 2.24) is 4.98 Å². The Balaban J connectivity index is 1.95. The van der Waals surface area contributed by atoms with Gasteiger partial charge in [0.15, 0.2) is 5.78 Å². The zero-order valence-electron chi connectivity index (χ0n) is 14.8. The highest BCUT2D eigenvalue weighted by molar-refractivity contribution is 7.15. The third kappa shape index (κ3) is 3.88. The molecule has 3 atom stereocenters. The molecular formula is C20H21Cl2NO2S. The summed E-state index contributed by atoms with van der Waals surface area (Å²) in [5.74, 6) is -0.234. The summed E-state index contributed by atoms with van der Waals surface area (Å²) in [6.45, 7) is 4.17. The van der Waals surface area contributed by atoms with Crippen molar-refractivity contribution in [2.75, 3.05) is 0 Å². The molecule has 1 saturated carbocycles. The Morgan fingerprint density at radius 3 is 2.69 bits per heavy atom. The molecule has 26 heavy (non-hydrogen) atoms. The van der Waals surface area contributed by atoms with Gasteiger partial charge in [-0.15, -0.1) is 11.3 Å². The number of carbonyl (C=O) groups is 2. The molecule has 1 aliphatic rings. The number of aromatic nitrogens is 1. The number of aldehydes is 1. The van der Waals surface area contributed by atoms with Crippen molar-refractivity contribution in [3.63, 3.8) is 0 Å². The summed E-state index contributed by atoms with van der Waals surface area (Å²) in [7, 11) is 0. The van der Waals surface area contributed by atoms with E-state index in [2.05, 4.69) is 11.9 Å². The fourth-order valence-corrected chi connectivity index (χ4v) is 4.94. The highest BCUT2D eigenvalue weighted by atomic mass is 35.5. The van der Waals surface area contributed by atoms with E-state index in [0.29, 0.717) is 21.7 Å². The van der Waals surface area contributed by atoms with Gasteiger partial charge < -0.3 is 4.79 Å². The van der Waals surface area contributed by atoms with Crippen LogP contribution >= 0.6 is 34.5 Å². The minimum absolute atomic E-state index is 0.0186. The van der Waals surface area contributed by atoms with Gasteiger partial charge in [-0.1, -0.05) is 43.1 Å². The van der Waals surface area contributed by atoms with Gasteiger partial charge in [0.2, 0.25) is 0 Å². The number of hydrogen-bond donors (Lipinski definition) is 0. The lowest BCUT2D eigenvalue weighted by molar-refractivity contribution is -0.127. The van der Waals surface area contributed by atoms with Crippen LogP contribution < -0.4 is 0 Å². The molecule has 0 N–H and O–H groups in total. The standard InChI is InChI=1S/C20H21Cl2NO2S/c1-3-17-18(14(10-24)19(25)12-5-4-11(2)8-12)23-20(26-17)13-6-7-15(21)16(22)9-13/h6-7,9-12,14H,3-5,8H2,1-2H3/t11-,12-,14?/m1/s1. The predicted molar refractivity (Wildman–Crippen MR) is 107 cm³/mol. The number of hydrogen-bond acceptors (Lipinski definition) is 4. The van der Waals surface area contributed by atoms with Crippen LogP contribution in [0.3, 0.4) is 0 Å². The molecule has 1 aromatic heterocycles. The zero-order chi connectivity index (χ0) is 18.8. The summed E-state index contributed by atoms with van der Waals surface area (Å²) in [5.41, 5.74) is 1.45. The van der Waals surface area contributed by atoms with Crippen molar-refractivity contribution in [1.29, 1.82) is 0 Å². The molecule has 0 bridgehead atoms. The Bertz CT molecular complexity index is 833. The highest BCUT2D eigenvalue weighted by Gasteiger charge is 2.35. The molecular weight excluding hydrogens is 389 g/mol. The molecule has 0 aliphatic heterocycles. The molecule has 3 rings (SSSR count). The first kappa shape index (κ1) is 19.5. The molecule has 6 heteroatoms. The third-order valence-corrected chi connectivity index (χ3v) is 7.05. The molecule has 3 nitrogen and oxygen atoms in total. The zero-order valence-corrected chi connectivity index (χ0v) is 17.1. The predicted octanol–water partition coefficient (Wildman–Crippen LogP) is 5.97. The van der Waals surface area contributed by atoms with Crippen molar-refractivity contribution in [2.45, 2.75) is 45.4 Å². The van der Waals surface area contributed by atoms with Crippen LogP contribution in [-0.2, 0) is 16.0 Å². The van der Waals surface area contributed by atoms with E-state index in [1.807, 2.05) is 13.0 Å². The maximum absolute atomic E-state index is 12.9. The average Bonchev–Trinajstić information content (AvgIpc) is 3.24. The number of ketones is 1. The average molecular weight is 410 g/mol. The second-order valence-electron chi connectivity index (χ2n) is 6.94. The summed E-state index contributed by atoms with van der Waals surface area (Å²) in [4.78, 5) is 30.4. The van der Waals surface area contributed by atoms with Gasteiger partial charge in [-0.3, -0.25) is 4.79 Å². The van der Waals surface area contributed by atoms with Gasteiger partial charge in [0.05, 0.1) is 15.7 Å². The number of rotatable bonds is 6. The molecule has 2 aromatic rings.